The molecule has 0 radical (unpaired) electrons. The molecule has 2 aromatic heterocycles. The Labute approximate surface area is 432 Å². The van der Waals surface area contributed by atoms with Crippen LogP contribution in [-0.2, 0) is 21.7 Å². The Morgan fingerprint density at radius 1 is 0.548 bits per heavy atom. The zero-order valence-electron chi connectivity index (χ0n) is 44.4. The average molecular weight is 957 g/mol. The van der Waals surface area contributed by atoms with Crippen molar-refractivity contribution >= 4 is 40.9 Å². The molecule has 0 aliphatic carbocycles. The third-order valence-electron chi connectivity index (χ3n) is 14.7. The van der Waals surface area contributed by atoms with Gasteiger partial charge in [0.1, 0.15) is 23.2 Å². The molecule has 3 aliphatic heterocycles. The van der Waals surface area contributed by atoms with Crippen molar-refractivity contribution in [3.8, 4) is 56.3 Å². The van der Waals surface area contributed by atoms with Gasteiger partial charge in [0.05, 0.1) is 22.5 Å². The first-order valence-electron chi connectivity index (χ1n) is 25.7. The van der Waals surface area contributed by atoms with Crippen molar-refractivity contribution in [1.82, 2.24) is 19.3 Å². The highest BCUT2D eigenvalue weighted by molar-refractivity contribution is 6.87. The van der Waals surface area contributed by atoms with Crippen molar-refractivity contribution in [2.45, 2.75) is 105 Å². The molecule has 0 saturated heterocycles. The monoisotopic (exact) mass is 957 g/mol. The number of nitrogens with zero attached hydrogens (tertiary/aromatic N) is 6. The van der Waals surface area contributed by atoms with E-state index < -0.39 is 6.85 Å². The van der Waals surface area contributed by atoms with Crippen molar-refractivity contribution in [3.63, 3.8) is 0 Å². The normalized spacial score (nSPS) is 14.4. The quantitative estimate of drug-likeness (QED) is 0.168. The van der Waals surface area contributed by atoms with Crippen LogP contribution in [0.5, 0.6) is 5.75 Å². The maximum atomic E-state index is 12.9. The van der Waals surface area contributed by atoms with Gasteiger partial charge in [-0.15, -0.1) is 0 Å². The van der Waals surface area contributed by atoms with E-state index >= 15 is 0 Å². The number of pyridine rings is 1. The lowest BCUT2D eigenvalue weighted by Crippen LogP contribution is -2.66. The SMILES string of the molecule is CC(C)(C)c1ccc(-n2c(-c3cc(C(C)(C)C)cc(C(C)(C)C)c3O)nc3c2N=C2C=CC=C4N2B3c2cc(-c3cc(-c5ccccc5)ccn3)cc(C(C)(C)C)c2N4c2ccccc2)c(-c2ccccc2)c1. The number of benzene rings is 6. The van der Waals surface area contributed by atoms with Gasteiger partial charge in [-0.3, -0.25) is 14.5 Å². The standard InChI is InChI=1S/C65H65BN6O/c1-62(2,3)45-31-32-54(48(38-45)42-25-18-14-19-26-42)71-60(49-39-46(63(4,5)6)40-51(58(49)73)65(10,11)12)69-59-61(71)68-55-29-22-30-56-70(47-27-20-15-21-28-47)57-50(64(7,8)9)35-44(36-52(57)66(59)72(55)56)53-37-43(33-34-67-53)41-23-16-13-17-24-41/h13-40,73H,1-12H3. The van der Waals surface area contributed by atoms with Gasteiger partial charge in [0.15, 0.2) is 5.82 Å². The van der Waals surface area contributed by atoms with E-state index in [2.05, 4.69) is 261 Å². The molecule has 1 N–H and O–H groups in total. The number of amidine groups is 1. The smallest absolute Gasteiger partial charge is 0.357 e. The van der Waals surface area contributed by atoms with Gasteiger partial charge in [-0.1, -0.05) is 186 Å². The van der Waals surface area contributed by atoms with Crippen molar-refractivity contribution in [2.24, 2.45) is 4.99 Å². The second kappa shape index (κ2) is 17.2. The number of phenolic OH excluding ortho intramolecular Hbond substituents is 1. The van der Waals surface area contributed by atoms with Gasteiger partial charge in [0.2, 0.25) is 0 Å². The minimum absolute atomic E-state index is 0.120. The molecule has 0 spiro atoms. The van der Waals surface area contributed by atoms with Crippen LogP contribution in [0, 0.1) is 0 Å². The molecule has 0 fully saturated rings. The molecule has 0 bridgehead atoms. The summed E-state index contributed by atoms with van der Waals surface area (Å²) in [7, 11) is 0. The van der Waals surface area contributed by atoms with Crippen molar-refractivity contribution in [1.29, 1.82) is 0 Å². The van der Waals surface area contributed by atoms with Gasteiger partial charge >= 0.3 is 6.85 Å². The van der Waals surface area contributed by atoms with Crippen LogP contribution in [0.15, 0.2) is 181 Å². The van der Waals surface area contributed by atoms with Gasteiger partial charge < -0.3 is 9.92 Å². The Kier molecular flexibility index (Phi) is 11.2. The molecule has 3 aliphatic rings. The van der Waals surface area contributed by atoms with E-state index in [4.69, 9.17) is 15.0 Å². The lowest BCUT2D eigenvalue weighted by Gasteiger charge is -2.48. The van der Waals surface area contributed by atoms with E-state index in [9.17, 15) is 5.11 Å². The summed E-state index contributed by atoms with van der Waals surface area (Å²) in [5.41, 5.74) is 15.3. The molecule has 364 valence electrons. The fourth-order valence-corrected chi connectivity index (χ4v) is 10.7. The number of aromatic hydroxyl groups is 1. The number of fused-ring (bicyclic) bond motifs is 4. The molecule has 11 rings (SSSR count). The van der Waals surface area contributed by atoms with Crippen LogP contribution >= 0.6 is 0 Å². The Balaban J connectivity index is 1.28. The Bertz CT molecular complexity index is 3560. The van der Waals surface area contributed by atoms with E-state index in [0.29, 0.717) is 11.4 Å². The number of aliphatic imine (C=N–C) groups is 1. The molecule has 0 atom stereocenters. The minimum atomic E-state index is -0.434. The summed E-state index contributed by atoms with van der Waals surface area (Å²) < 4.78 is 2.25. The highest BCUT2D eigenvalue weighted by Gasteiger charge is 2.50. The number of hydrogen-bond acceptors (Lipinski definition) is 6. The second-order valence-electron chi connectivity index (χ2n) is 24.1. The number of imidazole rings is 1. The molecule has 8 heteroatoms. The van der Waals surface area contributed by atoms with E-state index in [0.717, 1.165) is 90.2 Å². The topological polar surface area (TPSA) is 69.8 Å². The predicted molar refractivity (Wildman–Crippen MR) is 306 cm³/mol. The number of aromatic nitrogens is 3. The summed E-state index contributed by atoms with van der Waals surface area (Å²) in [5.74, 6) is 3.37. The van der Waals surface area contributed by atoms with Crippen LogP contribution in [0.1, 0.15) is 105 Å². The first-order chi connectivity index (χ1) is 34.7. The van der Waals surface area contributed by atoms with Crippen molar-refractivity contribution < 1.29 is 5.11 Å². The van der Waals surface area contributed by atoms with E-state index in [1.807, 2.05) is 6.20 Å². The summed E-state index contributed by atoms with van der Waals surface area (Å²) in [6, 6.07) is 52.1. The number of para-hydroxylation sites is 1. The van der Waals surface area contributed by atoms with Crippen LogP contribution in [0.3, 0.4) is 0 Å². The first kappa shape index (κ1) is 47.6. The summed E-state index contributed by atoms with van der Waals surface area (Å²) >= 11 is 0. The van der Waals surface area contributed by atoms with Crippen LogP contribution in [-0.4, -0.2) is 37.1 Å². The number of anilines is 2. The van der Waals surface area contributed by atoms with Crippen LogP contribution in [0.4, 0.5) is 17.2 Å². The molecule has 73 heavy (non-hydrogen) atoms. The summed E-state index contributed by atoms with van der Waals surface area (Å²) in [6.45, 7) is 26.5. The largest absolute Gasteiger partial charge is 0.507 e. The Morgan fingerprint density at radius 2 is 1.18 bits per heavy atom. The maximum Gasteiger partial charge on any atom is 0.357 e. The summed E-state index contributed by atoms with van der Waals surface area (Å²) in [4.78, 5) is 21.6. The number of hydrogen-bond donors (Lipinski definition) is 1. The minimum Gasteiger partial charge on any atom is -0.507 e. The molecular formula is C65H65BN6O. The molecule has 0 saturated carbocycles. The third-order valence-corrected chi connectivity index (χ3v) is 14.7. The highest BCUT2D eigenvalue weighted by atomic mass is 16.3. The molecule has 7 nitrogen and oxygen atoms in total. The van der Waals surface area contributed by atoms with E-state index in [1.54, 1.807) is 0 Å². The molecule has 0 amide bonds. The van der Waals surface area contributed by atoms with Crippen LogP contribution < -0.4 is 16.0 Å². The van der Waals surface area contributed by atoms with Gasteiger partial charge in [-0.05, 0) is 121 Å². The Hall–Kier alpha value is -7.71. The van der Waals surface area contributed by atoms with E-state index in [-0.39, 0.29) is 27.4 Å². The number of phenols is 1. The second-order valence-corrected chi connectivity index (χ2v) is 24.1. The van der Waals surface area contributed by atoms with Crippen LogP contribution in [0.2, 0.25) is 0 Å². The van der Waals surface area contributed by atoms with E-state index in [1.165, 1.54) is 11.1 Å². The maximum absolute atomic E-state index is 12.9. The van der Waals surface area contributed by atoms with Gasteiger partial charge in [0, 0.05) is 34.3 Å². The van der Waals surface area contributed by atoms with Gasteiger partial charge in [-0.2, -0.15) is 0 Å². The Morgan fingerprint density at radius 3 is 1.82 bits per heavy atom. The lowest BCUT2D eigenvalue weighted by molar-refractivity contribution is 0.446. The average Bonchev–Trinajstić information content (AvgIpc) is 3.74. The number of rotatable bonds is 6. The third kappa shape index (κ3) is 8.31. The van der Waals surface area contributed by atoms with Gasteiger partial charge in [0.25, 0.3) is 0 Å². The lowest BCUT2D eigenvalue weighted by atomic mass is 9.48. The first-order valence-corrected chi connectivity index (χ1v) is 25.7. The summed E-state index contributed by atoms with van der Waals surface area (Å²) in [6.07, 6.45) is 8.39. The van der Waals surface area contributed by atoms with Crippen LogP contribution in [0.25, 0.3) is 50.6 Å². The predicted octanol–water partition coefficient (Wildman–Crippen LogP) is 14.8. The fraction of sp³-hybridized carbons (Fsp3) is 0.246. The number of allylic oxidation sites excluding steroid dienone is 2. The zero-order valence-corrected chi connectivity index (χ0v) is 44.4. The fourth-order valence-electron chi connectivity index (χ4n) is 10.7. The molecular weight excluding hydrogens is 892 g/mol. The van der Waals surface area contributed by atoms with Crippen molar-refractivity contribution in [2.75, 3.05) is 4.90 Å². The zero-order chi connectivity index (χ0) is 51.4. The molecule has 6 aromatic carbocycles. The van der Waals surface area contributed by atoms with Crippen molar-refractivity contribution in [3.05, 3.63) is 198 Å². The molecule has 5 heterocycles. The summed E-state index contributed by atoms with van der Waals surface area (Å²) in [5, 5.41) is 12.9. The highest BCUT2D eigenvalue weighted by Crippen LogP contribution is 2.48. The molecule has 0 unspecified atom stereocenters. The van der Waals surface area contributed by atoms with Gasteiger partial charge in [-0.25, -0.2) is 9.98 Å². The molecule has 8 aromatic rings.